The van der Waals surface area contributed by atoms with Gasteiger partial charge in [0.2, 0.25) is 0 Å². The monoisotopic (exact) mass is 497 g/mol. The van der Waals surface area contributed by atoms with Gasteiger partial charge in [-0.15, -0.1) is 0 Å². The standard InChI is InChI=1S/C31H35N3O3/c1-3-28(22-7-5-4-6-8-22)33-31(35)24-11-14-29-27(21-24)30(32-29)23-9-12-25(13-10-23)37-26-15-17-34(18-16-26)19-20-36-2/h4-14,21,26,28H,3,15-20H2,1-2H3,(H,33,35). The summed E-state index contributed by atoms with van der Waals surface area (Å²) in [4.78, 5) is 20.2. The number of aliphatic imine (C=N–C) groups is 1. The van der Waals surface area contributed by atoms with E-state index in [1.54, 1.807) is 7.11 Å². The third-order valence-electron chi connectivity index (χ3n) is 7.24. The van der Waals surface area contributed by atoms with Gasteiger partial charge in [0.25, 0.3) is 5.91 Å². The normalized spacial score (nSPS) is 16.3. The van der Waals surface area contributed by atoms with Gasteiger partial charge in [-0.3, -0.25) is 4.79 Å². The molecule has 1 N–H and O–H groups in total. The number of benzene rings is 3. The molecular formula is C31H35N3O3. The fraction of sp³-hybridized carbons (Fsp3) is 0.355. The highest BCUT2D eigenvalue weighted by atomic mass is 16.5. The zero-order chi connectivity index (χ0) is 25.6. The van der Waals surface area contributed by atoms with Gasteiger partial charge in [0.05, 0.1) is 24.0 Å². The summed E-state index contributed by atoms with van der Waals surface area (Å²) < 4.78 is 11.4. The Kier molecular flexibility index (Phi) is 7.97. The van der Waals surface area contributed by atoms with Crippen LogP contribution in [0.4, 0.5) is 5.69 Å². The van der Waals surface area contributed by atoms with Crippen molar-refractivity contribution in [3.05, 3.63) is 95.1 Å². The number of amides is 1. The zero-order valence-corrected chi connectivity index (χ0v) is 21.7. The molecule has 2 aliphatic rings. The van der Waals surface area contributed by atoms with Gasteiger partial charge < -0.3 is 19.7 Å². The van der Waals surface area contributed by atoms with E-state index in [0.29, 0.717) is 5.56 Å². The molecule has 3 aromatic carbocycles. The predicted octanol–water partition coefficient (Wildman–Crippen LogP) is 5.54. The Labute approximate surface area is 219 Å². The molecule has 5 rings (SSSR count). The first kappa shape index (κ1) is 25.2. The molecule has 37 heavy (non-hydrogen) atoms. The van der Waals surface area contributed by atoms with Gasteiger partial charge in [-0.2, -0.15) is 0 Å². The predicted molar refractivity (Wildman–Crippen MR) is 147 cm³/mol. The molecule has 0 radical (unpaired) electrons. The Morgan fingerprint density at radius 2 is 1.81 bits per heavy atom. The fourth-order valence-electron chi connectivity index (χ4n) is 5.02. The van der Waals surface area contributed by atoms with E-state index in [9.17, 15) is 4.79 Å². The summed E-state index contributed by atoms with van der Waals surface area (Å²) in [6.45, 7) is 5.93. The van der Waals surface area contributed by atoms with Crippen molar-refractivity contribution in [1.29, 1.82) is 0 Å². The van der Waals surface area contributed by atoms with Crippen LogP contribution in [0.5, 0.6) is 5.75 Å². The largest absolute Gasteiger partial charge is 0.490 e. The summed E-state index contributed by atoms with van der Waals surface area (Å²) in [5, 5.41) is 3.18. The van der Waals surface area contributed by atoms with Crippen LogP contribution in [0.3, 0.4) is 0 Å². The van der Waals surface area contributed by atoms with Crippen LogP contribution in [0, 0.1) is 0 Å². The zero-order valence-electron chi connectivity index (χ0n) is 21.7. The van der Waals surface area contributed by atoms with Crippen LogP contribution < -0.4 is 10.1 Å². The van der Waals surface area contributed by atoms with Gasteiger partial charge in [-0.1, -0.05) is 37.3 Å². The van der Waals surface area contributed by atoms with Crippen LogP contribution in [-0.2, 0) is 4.74 Å². The van der Waals surface area contributed by atoms with Crippen LogP contribution in [0.15, 0.2) is 77.8 Å². The minimum absolute atomic E-state index is 0.0157. The third-order valence-corrected chi connectivity index (χ3v) is 7.24. The van der Waals surface area contributed by atoms with Crippen molar-refractivity contribution >= 4 is 17.3 Å². The smallest absolute Gasteiger partial charge is 0.251 e. The van der Waals surface area contributed by atoms with Crippen molar-refractivity contribution < 1.29 is 14.3 Å². The molecule has 0 bridgehead atoms. The van der Waals surface area contributed by atoms with E-state index in [-0.39, 0.29) is 18.1 Å². The Balaban J connectivity index is 1.19. The van der Waals surface area contributed by atoms with Gasteiger partial charge in [0.1, 0.15) is 11.9 Å². The van der Waals surface area contributed by atoms with Crippen LogP contribution in [0.2, 0.25) is 0 Å². The Morgan fingerprint density at radius 3 is 2.51 bits per heavy atom. The highest BCUT2D eigenvalue weighted by molar-refractivity contribution is 6.22. The third kappa shape index (κ3) is 5.92. The number of fused-ring (bicyclic) bond motifs is 1. The Bertz CT molecular complexity index is 1230. The molecule has 1 unspecified atom stereocenters. The van der Waals surface area contributed by atoms with Crippen LogP contribution in [-0.4, -0.2) is 56.0 Å². The number of likely N-dealkylation sites (tertiary alicyclic amines) is 1. The molecule has 6 heteroatoms. The molecule has 1 fully saturated rings. The minimum atomic E-state index is -0.0678. The second-order valence-electron chi connectivity index (χ2n) is 9.71. The number of rotatable bonds is 10. The second-order valence-corrected chi connectivity index (χ2v) is 9.71. The SMILES string of the molecule is CCC(NC(=O)c1ccc2c(c1)C(c1ccc(OC3CCN(CCOC)CC3)cc1)=N2)c1ccccc1. The summed E-state index contributed by atoms with van der Waals surface area (Å²) in [5.41, 5.74) is 5.64. The maximum atomic E-state index is 13.0. The molecule has 0 saturated carbocycles. The second kappa shape index (κ2) is 11.7. The lowest BCUT2D eigenvalue weighted by atomic mass is 9.93. The maximum Gasteiger partial charge on any atom is 0.251 e. The van der Waals surface area contributed by atoms with Crippen molar-refractivity contribution in [1.82, 2.24) is 10.2 Å². The molecule has 2 heterocycles. The van der Waals surface area contributed by atoms with E-state index in [0.717, 1.165) is 79.3 Å². The van der Waals surface area contributed by atoms with E-state index in [4.69, 9.17) is 9.47 Å². The lowest BCUT2D eigenvalue weighted by Crippen LogP contribution is -2.39. The van der Waals surface area contributed by atoms with E-state index < -0.39 is 0 Å². The number of hydrogen-bond acceptors (Lipinski definition) is 5. The van der Waals surface area contributed by atoms with Gasteiger partial charge in [-0.05, 0) is 67.3 Å². The molecule has 192 valence electrons. The summed E-state index contributed by atoms with van der Waals surface area (Å²) in [6, 6.07) is 24.0. The maximum absolute atomic E-state index is 13.0. The minimum Gasteiger partial charge on any atom is -0.490 e. The Morgan fingerprint density at radius 1 is 1.05 bits per heavy atom. The molecule has 0 aromatic heterocycles. The van der Waals surface area contributed by atoms with Crippen molar-refractivity contribution in [3.8, 4) is 5.75 Å². The summed E-state index contributed by atoms with van der Waals surface area (Å²) >= 11 is 0. The number of nitrogens with one attached hydrogen (secondary N) is 1. The van der Waals surface area contributed by atoms with E-state index >= 15 is 0 Å². The summed E-state index contributed by atoms with van der Waals surface area (Å²) in [6.07, 6.45) is 3.13. The average molecular weight is 498 g/mol. The lowest BCUT2D eigenvalue weighted by Gasteiger charge is -2.32. The highest BCUT2D eigenvalue weighted by Gasteiger charge is 2.24. The van der Waals surface area contributed by atoms with E-state index in [1.165, 1.54) is 0 Å². The lowest BCUT2D eigenvalue weighted by molar-refractivity contribution is 0.0797. The number of ether oxygens (including phenoxy) is 2. The summed E-state index contributed by atoms with van der Waals surface area (Å²) in [5.74, 6) is 0.820. The molecule has 1 amide bonds. The molecule has 1 saturated heterocycles. The first-order valence-corrected chi connectivity index (χ1v) is 13.2. The molecule has 1 atom stereocenters. The summed E-state index contributed by atoms with van der Waals surface area (Å²) in [7, 11) is 1.75. The molecule has 3 aromatic rings. The fourth-order valence-corrected chi connectivity index (χ4v) is 5.02. The van der Waals surface area contributed by atoms with Crippen molar-refractivity contribution in [2.45, 2.75) is 38.3 Å². The molecule has 6 nitrogen and oxygen atoms in total. The highest BCUT2D eigenvalue weighted by Crippen LogP contribution is 2.34. The van der Waals surface area contributed by atoms with Crippen molar-refractivity contribution in [2.75, 3.05) is 33.4 Å². The van der Waals surface area contributed by atoms with Crippen LogP contribution >= 0.6 is 0 Å². The number of piperidine rings is 1. The van der Waals surface area contributed by atoms with E-state index in [1.807, 2.05) is 48.5 Å². The van der Waals surface area contributed by atoms with Gasteiger partial charge in [-0.25, -0.2) is 4.99 Å². The first-order chi connectivity index (χ1) is 18.1. The van der Waals surface area contributed by atoms with Gasteiger partial charge >= 0.3 is 0 Å². The number of hydrogen-bond donors (Lipinski definition) is 1. The quantitative estimate of drug-likeness (QED) is 0.313. The van der Waals surface area contributed by atoms with Gasteiger partial charge in [0, 0.05) is 43.4 Å². The van der Waals surface area contributed by atoms with Gasteiger partial charge in [0.15, 0.2) is 0 Å². The number of methoxy groups -OCH3 is 1. The van der Waals surface area contributed by atoms with Crippen molar-refractivity contribution in [2.24, 2.45) is 4.99 Å². The number of nitrogens with zero attached hydrogens (tertiary/aromatic N) is 2. The molecular weight excluding hydrogens is 462 g/mol. The number of carbonyl (C=O) groups is 1. The first-order valence-electron chi connectivity index (χ1n) is 13.2. The van der Waals surface area contributed by atoms with Crippen LogP contribution in [0.1, 0.15) is 59.3 Å². The van der Waals surface area contributed by atoms with Crippen molar-refractivity contribution in [3.63, 3.8) is 0 Å². The van der Waals surface area contributed by atoms with E-state index in [2.05, 4.69) is 46.4 Å². The van der Waals surface area contributed by atoms with Crippen LogP contribution in [0.25, 0.3) is 0 Å². The average Bonchev–Trinajstić information content (AvgIpc) is 2.93. The Hall–Kier alpha value is -3.48. The number of carbonyl (C=O) groups excluding carboxylic acids is 1. The molecule has 2 aliphatic heterocycles. The topological polar surface area (TPSA) is 63.2 Å². The molecule has 0 spiro atoms. The molecule has 0 aliphatic carbocycles.